The second kappa shape index (κ2) is 7.33. The van der Waals surface area contributed by atoms with Gasteiger partial charge < -0.3 is 15.0 Å². The van der Waals surface area contributed by atoms with Gasteiger partial charge in [0.05, 0.1) is 5.75 Å². The van der Waals surface area contributed by atoms with Gasteiger partial charge in [-0.05, 0) is 45.4 Å². The molecule has 128 valence electrons. The number of rotatable bonds is 6. The van der Waals surface area contributed by atoms with Gasteiger partial charge >= 0.3 is 5.97 Å². The summed E-state index contributed by atoms with van der Waals surface area (Å²) in [5.74, 6) is -0.563. The van der Waals surface area contributed by atoms with Crippen LogP contribution in [0.2, 0.25) is 0 Å². The molecule has 0 unspecified atom stereocenters. The molecule has 0 atom stereocenters. The molecular formula is C15H24N4O3S. The van der Waals surface area contributed by atoms with Gasteiger partial charge in [0.15, 0.2) is 5.16 Å². The molecule has 1 fully saturated rings. The largest absolute Gasteiger partial charge is 0.480 e. The molecule has 1 saturated carbocycles. The number of aliphatic carboxylic acids is 1. The molecule has 2 N–H and O–H groups in total. The van der Waals surface area contributed by atoms with Crippen LogP contribution in [0.4, 0.5) is 0 Å². The minimum atomic E-state index is -1.12. The third kappa shape index (κ3) is 4.25. The maximum absolute atomic E-state index is 12.2. The quantitative estimate of drug-likeness (QED) is 0.770. The first-order chi connectivity index (χ1) is 10.8. The van der Waals surface area contributed by atoms with E-state index in [0.717, 1.165) is 12.8 Å². The third-order valence-corrected chi connectivity index (χ3v) is 5.30. The van der Waals surface area contributed by atoms with E-state index in [2.05, 4.69) is 22.4 Å². The lowest BCUT2D eigenvalue weighted by Crippen LogP contribution is -2.56. The van der Waals surface area contributed by atoms with Gasteiger partial charge in [-0.25, -0.2) is 4.79 Å². The molecule has 1 heterocycles. The SMILES string of the molecule is CC1CCC(NC(=O)CSc2nncn2C(C)C)(C(=O)O)CC1. The van der Waals surface area contributed by atoms with E-state index in [9.17, 15) is 14.7 Å². The number of aromatic nitrogens is 3. The van der Waals surface area contributed by atoms with Crippen LogP contribution in [0.25, 0.3) is 0 Å². The topological polar surface area (TPSA) is 97.1 Å². The number of carbonyl (C=O) groups is 2. The first-order valence-corrected chi connectivity index (χ1v) is 8.89. The first kappa shape index (κ1) is 17.8. The highest BCUT2D eigenvalue weighted by atomic mass is 32.2. The maximum atomic E-state index is 12.2. The van der Waals surface area contributed by atoms with Crippen LogP contribution in [0.1, 0.15) is 52.5 Å². The monoisotopic (exact) mass is 340 g/mol. The summed E-state index contributed by atoms with van der Waals surface area (Å²) in [7, 11) is 0. The fraction of sp³-hybridized carbons (Fsp3) is 0.733. The Kier molecular flexibility index (Phi) is 5.67. The molecule has 0 aliphatic heterocycles. The molecule has 7 nitrogen and oxygen atoms in total. The van der Waals surface area contributed by atoms with Crippen molar-refractivity contribution in [1.29, 1.82) is 0 Å². The Morgan fingerprint density at radius 2 is 2.13 bits per heavy atom. The van der Waals surface area contributed by atoms with Crippen molar-refractivity contribution in [3.05, 3.63) is 6.33 Å². The van der Waals surface area contributed by atoms with Crippen molar-refractivity contribution in [1.82, 2.24) is 20.1 Å². The highest BCUT2D eigenvalue weighted by molar-refractivity contribution is 7.99. The fourth-order valence-corrected chi connectivity index (χ4v) is 3.61. The highest BCUT2D eigenvalue weighted by Gasteiger charge is 2.42. The summed E-state index contributed by atoms with van der Waals surface area (Å²) >= 11 is 1.27. The van der Waals surface area contributed by atoms with Crippen LogP contribution in [0.5, 0.6) is 0 Å². The van der Waals surface area contributed by atoms with E-state index >= 15 is 0 Å². The van der Waals surface area contributed by atoms with E-state index in [4.69, 9.17) is 0 Å². The number of hydrogen-bond donors (Lipinski definition) is 2. The van der Waals surface area contributed by atoms with Crippen molar-refractivity contribution in [3.8, 4) is 0 Å². The smallest absolute Gasteiger partial charge is 0.329 e. The van der Waals surface area contributed by atoms with E-state index in [1.165, 1.54) is 11.8 Å². The van der Waals surface area contributed by atoms with Crippen molar-refractivity contribution in [2.45, 2.75) is 63.2 Å². The van der Waals surface area contributed by atoms with E-state index in [-0.39, 0.29) is 17.7 Å². The van der Waals surface area contributed by atoms with E-state index in [1.54, 1.807) is 6.33 Å². The van der Waals surface area contributed by atoms with Gasteiger partial charge in [-0.15, -0.1) is 10.2 Å². The molecular weight excluding hydrogens is 316 g/mol. The van der Waals surface area contributed by atoms with Crippen LogP contribution in [0, 0.1) is 5.92 Å². The van der Waals surface area contributed by atoms with E-state index in [1.807, 2.05) is 18.4 Å². The normalized spacial score (nSPS) is 24.6. The maximum Gasteiger partial charge on any atom is 0.329 e. The summed E-state index contributed by atoms with van der Waals surface area (Å²) in [6, 6.07) is 0.209. The summed E-state index contributed by atoms with van der Waals surface area (Å²) < 4.78 is 1.88. The second-order valence-electron chi connectivity index (χ2n) is 6.52. The van der Waals surface area contributed by atoms with Crippen molar-refractivity contribution < 1.29 is 14.7 Å². The molecule has 1 amide bonds. The molecule has 2 rings (SSSR count). The average Bonchev–Trinajstić information content (AvgIpc) is 2.96. The Morgan fingerprint density at radius 3 is 2.70 bits per heavy atom. The minimum absolute atomic E-state index is 0.135. The molecule has 23 heavy (non-hydrogen) atoms. The number of carboxylic acid groups (broad SMARTS) is 1. The summed E-state index contributed by atoms with van der Waals surface area (Å²) in [6.07, 6.45) is 4.25. The Bertz CT molecular complexity index is 565. The highest BCUT2D eigenvalue weighted by Crippen LogP contribution is 2.32. The molecule has 0 saturated heterocycles. The zero-order valence-electron chi connectivity index (χ0n) is 13.8. The summed E-state index contributed by atoms with van der Waals surface area (Å²) in [6.45, 7) is 6.13. The van der Waals surface area contributed by atoms with E-state index < -0.39 is 11.5 Å². The number of amides is 1. The summed E-state index contributed by atoms with van der Waals surface area (Å²) in [5, 5.41) is 20.8. The Labute approximate surface area is 140 Å². The summed E-state index contributed by atoms with van der Waals surface area (Å²) in [4.78, 5) is 23.9. The van der Waals surface area contributed by atoms with Crippen LogP contribution in [-0.2, 0) is 9.59 Å². The summed E-state index contributed by atoms with van der Waals surface area (Å²) in [5.41, 5.74) is -1.12. The number of nitrogens with zero attached hydrogens (tertiary/aromatic N) is 3. The predicted molar refractivity (Wildman–Crippen MR) is 87.3 cm³/mol. The third-order valence-electron chi connectivity index (χ3n) is 4.34. The minimum Gasteiger partial charge on any atom is -0.480 e. The number of thioether (sulfide) groups is 1. The number of carbonyl (C=O) groups excluding carboxylic acids is 1. The standard InChI is InChI=1S/C15H24N4O3S/c1-10(2)19-9-16-18-14(19)23-8-12(20)17-15(13(21)22)6-4-11(3)5-7-15/h9-11H,4-8H2,1-3H3,(H,17,20)(H,21,22). The molecule has 0 spiro atoms. The lowest BCUT2D eigenvalue weighted by molar-refractivity contribution is -0.149. The molecule has 8 heteroatoms. The van der Waals surface area contributed by atoms with Crippen molar-refractivity contribution in [3.63, 3.8) is 0 Å². The average molecular weight is 340 g/mol. The van der Waals surface area contributed by atoms with E-state index in [0.29, 0.717) is 23.9 Å². The number of nitrogens with one attached hydrogen (secondary N) is 1. The van der Waals surface area contributed by atoms with Gasteiger partial charge in [0.25, 0.3) is 0 Å². The molecule has 1 aliphatic rings. The zero-order chi connectivity index (χ0) is 17.0. The molecule has 0 aromatic carbocycles. The van der Waals surface area contributed by atoms with Crippen LogP contribution < -0.4 is 5.32 Å². The second-order valence-corrected chi connectivity index (χ2v) is 7.46. The first-order valence-electron chi connectivity index (χ1n) is 7.91. The number of hydrogen-bond acceptors (Lipinski definition) is 5. The molecule has 0 bridgehead atoms. The van der Waals surface area contributed by atoms with Crippen LogP contribution in [0.15, 0.2) is 11.5 Å². The van der Waals surface area contributed by atoms with Gasteiger partial charge in [0.1, 0.15) is 11.9 Å². The Balaban J connectivity index is 1.95. The molecule has 1 aromatic heterocycles. The van der Waals surface area contributed by atoms with Crippen LogP contribution >= 0.6 is 11.8 Å². The van der Waals surface area contributed by atoms with Crippen molar-refractivity contribution in [2.75, 3.05) is 5.75 Å². The van der Waals surface area contributed by atoms with Crippen molar-refractivity contribution in [2.24, 2.45) is 5.92 Å². The van der Waals surface area contributed by atoms with Crippen LogP contribution in [0.3, 0.4) is 0 Å². The van der Waals surface area contributed by atoms with Gasteiger partial charge in [-0.3, -0.25) is 4.79 Å². The molecule has 0 radical (unpaired) electrons. The molecule has 1 aromatic rings. The zero-order valence-corrected chi connectivity index (χ0v) is 14.6. The fourth-order valence-electron chi connectivity index (χ4n) is 2.77. The molecule has 1 aliphatic carbocycles. The Hall–Kier alpha value is -1.57. The lowest BCUT2D eigenvalue weighted by Gasteiger charge is -2.36. The lowest BCUT2D eigenvalue weighted by atomic mass is 9.77. The number of carboxylic acids is 1. The van der Waals surface area contributed by atoms with Crippen LogP contribution in [-0.4, -0.2) is 43.0 Å². The predicted octanol–water partition coefficient (Wildman–Crippen LogP) is 2.10. The van der Waals surface area contributed by atoms with Gasteiger partial charge in [-0.2, -0.15) is 0 Å². The van der Waals surface area contributed by atoms with Crippen molar-refractivity contribution >= 4 is 23.6 Å². The Morgan fingerprint density at radius 1 is 1.48 bits per heavy atom. The van der Waals surface area contributed by atoms with Gasteiger partial charge in [0, 0.05) is 6.04 Å². The van der Waals surface area contributed by atoms with Gasteiger partial charge in [0.2, 0.25) is 5.91 Å². The van der Waals surface area contributed by atoms with Gasteiger partial charge in [-0.1, -0.05) is 18.7 Å².